The van der Waals surface area contributed by atoms with Crippen LogP contribution in [-0.2, 0) is 35.6 Å². The first-order valence-corrected chi connectivity index (χ1v) is 22.3. The predicted octanol–water partition coefficient (Wildman–Crippen LogP) is 6.16. The van der Waals surface area contributed by atoms with Gasteiger partial charge >= 0.3 is 6.09 Å². The van der Waals surface area contributed by atoms with Crippen molar-refractivity contribution in [2.75, 3.05) is 6.54 Å². The van der Waals surface area contributed by atoms with Crippen molar-refractivity contribution in [3.05, 3.63) is 84.2 Å². The second kappa shape index (κ2) is 15.3. The van der Waals surface area contributed by atoms with Crippen molar-refractivity contribution < 1.29 is 41.5 Å². The number of alkyl carbamates (subject to hydrolysis) is 1. The Morgan fingerprint density at radius 3 is 2.53 bits per heavy atom. The third-order valence-corrected chi connectivity index (χ3v) is 14.7. The molecule has 5 unspecified atom stereocenters. The van der Waals surface area contributed by atoms with E-state index in [0.29, 0.717) is 61.0 Å². The summed E-state index contributed by atoms with van der Waals surface area (Å²) in [5.74, 6) is -2.79. The topological polar surface area (TPSA) is 173 Å². The zero-order valence-corrected chi connectivity index (χ0v) is 35.2. The Morgan fingerprint density at radius 1 is 1.03 bits per heavy atom. The number of carbonyl (C=O) groups excluding carboxylic acids is 4. The van der Waals surface area contributed by atoms with E-state index in [1.165, 1.54) is 23.1 Å². The average molecular weight is 842 g/mol. The quantitative estimate of drug-likeness (QED) is 0.255. The number of halogens is 1. The summed E-state index contributed by atoms with van der Waals surface area (Å²) in [6.45, 7) is 6.69. The molecule has 1 spiro atoms. The lowest BCUT2D eigenvalue weighted by molar-refractivity contribution is -0.142. The second-order valence-corrected chi connectivity index (χ2v) is 20.4. The Bertz CT molecular complexity index is 2430. The number of aryl methyl sites for hydroxylation is 1. The van der Waals surface area contributed by atoms with Crippen LogP contribution in [0.1, 0.15) is 91.0 Å². The maximum Gasteiger partial charge on any atom is 0.408 e. The molecular weight excluding hydrogens is 790 g/mol. The summed E-state index contributed by atoms with van der Waals surface area (Å²) in [7, 11) is -4.08. The van der Waals surface area contributed by atoms with E-state index in [2.05, 4.69) is 15.4 Å². The van der Waals surface area contributed by atoms with Crippen LogP contribution in [0.3, 0.4) is 0 Å². The monoisotopic (exact) mass is 841 g/mol. The van der Waals surface area contributed by atoms with Crippen LogP contribution in [0.4, 0.5) is 9.18 Å². The molecule has 3 aromatic rings. The molecule has 5 aliphatic rings. The number of fused-ring (bicyclic) bond motifs is 5. The van der Waals surface area contributed by atoms with E-state index in [4.69, 9.17) is 14.5 Å². The van der Waals surface area contributed by atoms with Crippen LogP contribution in [0, 0.1) is 11.7 Å². The van der Waals surface area contributed by atoms with Gasteiger partial charge in [-0.05, 0) is 90.8 Å². The third-order valence-electron chi connectivity index (χ3n) is 12.5. The lowest BCUT2D eigenvalue weighted by Gasteiger charge is -2.42. The lowest BCUT2D eigenvalue weighted by atomic mass is 9.73. The van der Waals surface area contributed by atoms with Gasteiger partial charge in [-0.1, -0.05) is 67.5 Å². The van der Waals surface area contributed by atoms with Crippen LogP contribution in [0.2, 0.25) is 0 Å². The molecule has 2 aromatic carbocycles. The number of hydrogen-bond acceptors (Lipinski definition) is 9. The summed E-state index contributed by atoms with van der Waals surface area (Å²) in [5.41, 5.74) is -1.26. The summed E-state index contributed by atoms with van der Waals surface area (Å²) in [5, 5.41) is 6.56. The lowest BCUT2D eigenvalue weighted by Crippen LogP contribution is -2.67. The summed E-state index contributed by atoms with van der Waals surface area (Å²) in [6, 6.07) is 11.4. The van der Waals surface area contributed by atoms with Crippen molar-refractivity contribution in [2.24, 2.45) is 5.92 Å². The molecular formula is C45H52FN5O8S. The molecule has 4 amide bonds. The molecule has 1 aromatic heterocycles. The Kier molecular flexibility index (Phi) is 10.6. The van der Waals surface area contributed by atoms with Crippen molar-refractivity contribution >= 4 is 44.7 Å². The molecule has 5 atom stereocenters. The fourth-order valence-electron chi connectivity index (χ4n) is 8.77. The van der Waals surface area contributed by atoms with Gasteiger partial charge in [0.2, 0.25) is 21.8 Å². The number of amides is 4. The molecule has 0 bridgehead atoms. The molecule has 4 heterocycles. The van der Waals surface area contributed by atoms with Gasteiger partial charge < -0.3 is 25.0 Å². The molecule has 1 saturated carbocycles. The number of hydrogen-bond donors (Lipinski definition) is 3. The molecule has 2 aliphatic carbocycles. The van der Waals surface area contributed by atoms with E-state index >= 15 is 0 Å². The van der Waals surface area contributed by atoms with Crippen molar-refractivity contribution in [1.82, 2.24) is 25.2 Å². The summed E-state index contributed by atoms with van der Waals surface area (Å²) >= 11 is 0. The molecule has 318 valence electrons. The predicted molar refractivity (Wildman–Crippen MR) is 223 cm³/mol. The van der Waals surface area contributed by atoms with Gasteiger partial charge in [0.05, 0.1) is 16.8 Å². The standard InChI is InChI=1S/C45H52FN5O8S/c1-42(2,3)59-41(55)48-34-18-9-7-5-6-8-14-29-19-22-45(29,40(54)50-60(56,57)43(4)23-24-43)49-38(52)35-26-44(27-51(35)39(34)53)21-20-32-31-16-10-11-17-33(31)47-36(37(32)58-44)28-13-12-15-30(46)25-28/h8,10-17,19,22,25,29,34-35H,5-7,9,18,20-21,23-24,26-27H2,1-4H3,(H,48,55)(H,49,52)(H,50,54). The van der Waals surface area contributed by atoms with Gasteiger partial charge in [0, 0.05) is 28.9 Å². The van der Waals surface area contributed by atoms with E-state index in [0.717, 1.165) is 23.8 Å². The Morgan fingerprint density at radius 2 is 1.82 bits per heavy atom. The SMILES string of the molecule is CC(C)(C)OC(=O)NC1CCCCCC=CC2C=CC2(C(=O)NS(=O)(=O)C2(C)CC2)NC(=O)C2CC3(CCc4c(c(-c5cccc(F)c5)nc5ccccc45)O3)CN2C1=O. The molecule has 60 heavy (non-hydrogen) atoms. The third kappa shape index (κ3) is 7.88. The van der Waals surface area contributed by atoms with Gasteiger partial charge in [0.15, 0.2) is 0 Å². The van der Waals surface area contributed by atoms with E-state index in [-0.39, 0.29) is 19.4 Å². The van der Waals surface area contributed by atoms with Crippen molar-refractivity contribution in [2.45, 2.75) is 125 Å². The maximum absolute atomic E-state index is 14.9. The van der Waals surface area contributed by atoms with Crippen molar-refractivity contribution in [3.63, 3.8) is 0 Å². The van der Waals surface area contributed by atoms with Crippen LogP contribution in [0.25, 0.3) is 22.2 Å². The number of pyridine rings is 1. The first-order chi connectivity index (χ1) is 28.4. The van der Waals surface area contributed by atoms with Crippen LogP contribution in [0.15, 0.2) is 72.8 Å². The number of rotatable bonds is 5. The van der Waals surface area contributed by atoms with Crippen molar-refractivity contribution in [1.29, 1.82) is 0 Å². The van der Waals surface area contributed by atoms with Gasteiger partial charge in [-0.2, -0.15) is 0 Å². The Balaban J connectivity index is 1.19. The Labute approximate surface area is 349 Å². The largest absolute Gasteiger partial charge is 0.483 e. The van der Waals surface area contributed by atoms with Gasteiger partial charge in [-0.3, -0.25) is 19.1 Å². The van der Waals surface area contributed by atoms with Crippen molar-refractivity contribution in [3.8, 4) is 17.0 Å². The van der Waals surface area contributed by atoms with E-state index < -0.39 is 79.1 Å². The van der Waals surface area contributed by atoms with E-state index in [1.807, 2.05) is 36.4 Å². The molecule has 13 nitrogen and oxygen atoms in total. The minimum atomic E-state index is -4.08. The minimum absolute atomic E-state index is 0.00310. The van der Waals surface area contributed by atoms with Gasteiger partial charge in [-0.15, -0.1) is 0 Å². The molecule has 1 saturated heterocycles. The second-order valence-electron chi connectivity index (χ2n) is 18.2. The van der Waals surface area contributed by atoms with E-state index in [1.54, 1.807) is 45.9 Å². The van der Waals surface area contributed by atoms with Gasteiger partial charge in [0.25, 0.3) is 5.91 Å². The zero-order chi connectivity index (χ0) is 42.7. The van der Waals surface area contributed by atoms with E-state index in [9.17, 15) is 32.0 Å². The smallest absolute Gasteiger partial charge is 0.408 e. The average Bonchev–Trinajstić information content (AvgIpc) is 3.85. The molecule has 0 radical (unpaired) electrons. The number of sulfonamides is 1. The van der Waals surface area contributed by atoms with Crippen LogP contribution in [0.5, 0.6) is 5.75 Å². The highest BCUT2D eigenvalue weighted by Crippen LogP contribution is 2.48. The molecule has 2 fully saturated rings. The number of nitrogens with one attached hydrogen (secondary N) is 3. The number of ether oxygens (including phenoxy) is 2. The summed E-state index contributed by atoms with van der Waals surface area (Å²) < 4.78 is 55.2. The maximum atomic E-state index is 14.9. The first-order valence-electron chi connectivity index (χ1n) is 20.8. The van der Waals surface area contributed by atoms with Gasteiger partial charge in [-0.25, -0.2) is 22.6 Å². The Hall–Kier alpha value is -5.31. The molecule has 3 N–H and O–H groups in total. The normalized spacial score (nSPS) is 27.6. The highest BCUT2D eigenvalue weighted by molar-refractivity contribution is 7.91. The number of carbonyl (C=O) groups is 4. The number of para-hydroxylation sites is 1. The molecule has 15 heteroatoms. The first kappa shape index (κ1) is 41.4. The van der Waals surface area contributed by atoms with Gasteiger partial charge in [0.1, 0.15) is 46.1 Å². The molecule has 8 rings (SSSR count). The van der Waals surface area contributed by atoms with Crippen LogP contribution < -0.4 is 20.1 Å². The highest BCUT2D eigenvalue weighted by atomic mass is 32.2. The number of aromatic nitrogens is 1. The fourth-order valence-corrected chi connectivity index (χ4v) is 10.1. The number of allylic oxidation sites excluding steroid dienone is 1. The number of benzene rings is 2. The molecule has 3 aliphatic heterocycles. The van der Waals surface area contributed by atoms with Crippen LogP contribution in [-0.4, -0.2) is 82.2 Å². The minimum Gasteiger partial charge on any atom is -0.483 e. The summed E-state index contributed by atoms with van der Waals surface area (Å²) in [6.07, 6.45) is 10.8. The fraction of sp³-hybridized carbons (Fsp3) is 0.489. The highest BCUT2D eigenvalue weighted by Gasteiger charge is 2.58. The zero-order valence-electron chi connectivity index (χ0n) is 34.4. The summed E-state index contributed by atoms with van der Waals surface area (Å²) in [4.78, 5) is 63.6. The number of nitrogens with zero attached hydrogens (tertiary/aromatic N) is 2. The van der Waals surface area contributed by atoms with Crippen LogP contribution >= 0.6 is 0 Å².